The van der Waals surface area contributed by atoms with E-state index < -0.39 is 0 Å². The van der Waals surface area contributed by atoms with E-state index in [1.54, 1.807) is 17.0 Å². The number of nitrogens with zero attached hydrogens (tertiary/aromatic N) is 3. The van der Waals surface area contributed by atoms with Crippen LogP contribution in [0.5, 0.6) is 11.8 Å². The predicted molar refractivity (Wildman–Crippen MR) is 79.9 cm³/mol. The number of carbonyl (C=O) groups excluding carboxylic acids is 1. The fourth-order valence-corrected chi connectivity index (χ4v) is 2.56. The summed E-state index contributed by atoms with van der Waals surface area (Å²) in [4.78, 5) is 22.1. The Morgan fingerprint density at radius 1 is 1.41 bits per heavy atom. The highest BCUT2D eigenvalue weighted by molar-refractivity contribution is 9.10. The Kier molecular flexibility index (Phi) is 4.28. The molecule has 1 aliphatic rings. The molecule has 3 heterocycles. The first kappa shape index (κ1) is 14.8. The number of methoxy groups -OCH3 is 1. The average molecular weight is 368 g/mol. The molecule has 0 spiro atoms. The molecule has 7 nitrogen and oxygen atoms in total. The molecular weight excluding hydrogens is 354 g/mol. The van der Waals surface area contributed by atoms with Gasteiger partial charge in [-0.15, -0.1) is 0 Å². The van der Waals surface area contributed by atoms with Gasteiger partial charge in [0.25, 0.3) is 5.91 Å². The van der Waals surface area contributed by atoms with Gasteiger partial charge in [0, 0.05) is 13.0 Å². The zero-order valence-electron chi connectivity index (χ0n) is 11.9. The third kappa shape index (κ3) is 3.22. The highest BCUT2D eigenvalue weighted by atomic mass is 79.9. The van der Waals surface area contributed by atoms with Crippen LogP contribution in [0.4, 0.5) is 0 Å². The van der Waals surface area contributed by atoms with Crippen LogP contribution in [0, 0.1) is 0 Å². The van der Waals surface area contributed by atoms with Crippen molar-refractivity contribution in [1.82, 2.24) is 14.9 Å². The minimum Gasteiger partial charge on any atom is -0.480 e. The zero-order valence-corrected chi connectivity index (χ0v) is 13.4. The number of ether oxygens (including phenoxy) is 2. The van der Waals surface area contributed by atoms with Crippen molar-refractivity contribution in [2.75, 3.05) is 20.2 Å². The van der Waals surface area contributed by atoms with Gasteiger partial charge in [0.15, 0.2) is 10.4 Å². The Bertz CT molecular complexity index is 676. The van der Waals surface area contributed by atoms with E-state index in [4.69, 9.17) is 13.9 Å². The van der Waals surface area contributed by atoms with E-state index in [-0.39, 0.29) is 12.0 Å². The SMILES string of the molecule is COc1cncc(O[C@@H]2CCN(C(=O)c3ccc(Br)o3)C2)n1. The van der Waals surface area contributed by atoms with Crippen molar-refractivity contribution in [3.8, 4) is 11.8 Å². The third-order valence-corrected chi connectivity index (χ3v) is 3.73. The normalized spacial score (nSPS) is 17.5. The second kappa shape index (κ2) is 6.35. The first-order valence-electron chi connectivity index (χ1n) is 6.73. The lowest BCUT2D eigenvalue weighted by atomic mass is 10.3. The summed E-state index contributed by atoms with van der Waals surface area (Å²) in [5, 5.41) is 0. The molecule has 1 amide bonds. The number of carbonyl (C=O) groups is 1. The summed E-state index contributed by atoms with van der Waals surface area (Å²) in [5.74, 6) is 0.950. The number of halogens is 1. The first-order chi connectivity index (χ1) is 10.7. The molecule has 1 fully saturated rings. The van der Waals surface area contributed by atoms with Gasteiger partial charge in [-0.1, -0.05) is 0 Å². The number of amides is 1. The molecule has 22 heavy (non-hydrogen) atoms. The molecule has 2 aromatic rings. The molecule has 3 rings (SSSR count). The zero-order chi connectivity index (χ0) is 15.5. The first-order valence-corrected chi connectivity index (χ1v) is 7.52. The van der Waals surface area contributed by atoms with E-state index in [0.29, 0.717) is 35.3 Å². The van der Waals surface area contributed by atoms with Crippen molar-refractivity contribution < 1.29 is 18.7 Å². The smallest absolute Gasteiger partial charge is 0.289 e. The number of likely N-dealkylation sites (tertiary alicyclic amines) is 1. The Morgan fingerprint density at radius 3 is 2.95 bits per heavy atom. The molecule has 116 valence electrons. The molecule has 2 aromatic heterocycles. The lowest BCUT2D eigenvalue weighted by Gasteiger charge is -2.15. The fourth-order valence-electron chi connectivity index (χ4n) is 2.25. The number of furan rings is 1. The Morgan fingerprint density at radius 2 is 2.23 bits per heavy atom. The molecule has 0 unspecified atom stereocenters. The van der Waals surface area contributed by atoms with Crippen LogP contribution < -0.4 is 9.47 Å². The third-order valence-electron chi connectivity index (χ3n) is 3.30. The molecular formula is C14H14BrN3O4. The van der Waals surface area contributed by atoms with Gasteiger partial charge in [0.2, 0.25) is 11.8 Å². The molecule has 0 aromatic carbocycles. The second-order valence-electron chi connectivity index (χ2n) is 4.78. The highest BCUT2D eigenvalue weighted by Crippen LogP contribution is 2.21. The molecule has 0 N–H and O–H groups in total. The Labute approximate surface area is 135 Å². The standard InChI is InChI=1S/C14H14BrN3O4/c1-20-12-6-16-7-13(17-12)21-9-4-5-18(8-9)14(19)10-2-3-11(15)22-10/h2-3,6-7,9H,4-5,8H2,1H3/t9-/m1/s1. The van der Waals surface area contributed by atoms with Gasteiger partial charge in [0.1, 0.15) is 6.10 Å². The average Bonchev–Trinajstić information content (AvgIpc) is 3.16. The van der Waals surface area contributed by atoms with Crippen LogP contribution in [0.3, 0.4) is 0 Å². The predicted octanol–water partition coefficient (Wildman–Crippen LogP) is 2.13. The molecule has 8 heteroatoms. The van der Waals surface area contributed by atoms with Gasteiger partial charge < -0.3 is 18.8 Å². The van der Waals surface area contributed by atoms with Crippen molar-refractivity contribution in [3.05, 3.63) is 35.0 Å². The molecule has 1 atom stereocenters. The summed E-state index contributed by atoms with van der Waals surface area (Å²) in [6.07, 6.45) is 3.64. The van der Waals surface area contributed by atoms with E-state index in [1.165, 1.54) is 19.5 Å². The van der Waals surface area contributed by atoms with Crippen LogP contribution in [0.15, 0.2) is 33.6 Å². The second-order valence-corrected chi connectivity index (χ2v) is 5.56. The fraction of sp³-hybridized carbons (Fsp3) is 0.357. The van der Waals surface area contributed by atoms with Crippen LogP contribution in [0.1, 0.15) is 17.0 Å². The molecule has 0 bridgehead atoms. The van der Waals surface area contributed by atoms with Crippen molar-refractivity contribution in [3.63, 3.8) is 0 Å². The number of hydrogen-bond donors (Lipinski definition) is 0. The quantitative estimate of drug-likeness (QED) is 0.823. The highest BCUT2D eigenvalue weighted by Gasteiger charge is 2.30. The lowest BCUT2D eigenvalue weighted by Crippen LogP contribution is -2.30. The van der Waals surface area contributed by atoms with Gasteiger partial charge in [-0.25, -0.2) is 0 Å². The molecule has 1 aliphatic heterocycles. The summed E-state index contributed by atoms with van der Waals surface area (Å²) < 4.78 is 16.6. The van der Waals surface area contributed by atoms with Crippen molar-refractivity contribution >= 4 is 21.8 Å². The topological polar surface area (TPSA) is 77.7 Å². The van der Waals surface area contributed by atoms with E-state index >= 15 is 0 Å². The number of hydrogen-bond acceptors (Lipinski definition) is 6. The summed E-state index contributed by atoms with van der Waals surface area (Å²) >= 11 is 3.19. The van der Waals surface area contributed by atoms with Gasteiger partial charge in [0.05, 0.1) is 26.0 Å². The largest absolute Gasteiger partial charge is 0.480 e. The lowest BCUT2D eigenvalue weighted by molar-refractivity contribution is 0.0738. The summed E-state index contributed by atoms with van der Waals surface area (Å²) in [7, 11) is 1.52. The van der Waals surface area contributed by atoms with Gasteiger partial charge in [-0.3, -0.25) is 9.78 Å². The van der Waals surface area contributed by atoms with Crippen molar-refractivity contribution in [1.29, 1.82) is 0 Å². The minimum atomic E-state index is -0.145. The maximum atomic E-state index is 12.3. The monoisotopic (exact) mass is 367 g/mol. The van der Waals surface area contributed by atoms with E-state index in [9.17, 15) is 4.79 Å². The van der Waals surface area contributed by atoms with Crippen LogP contribution in [0.25, 0.3) is 0 Å². The number of aromatic nitrogens is 2. The summed E-state index contributed by atoms with van der Waals surface area (Å²) in [6.45, 7) is 1.09. The maximum Gasteiger partial charge on any atom is 0.289 e. The minimum absolute atomic E-state index is 0.122. The maximum absolute atomic E-state index is 12.3. The van der Waals surface area contributed by atoms with Crippen LogP contribution in [-0.4, -0.2) is 47.1 Å². The van der Waals surface area contributed by atoms with E-state index in [2.05, 4.69) is 25.9 Å². The molecule has 1 saturated heterocycles. The van der Waals surface area contributed by atoms with Crippen molar-refractivity contribution in [2.24, 2.45) is 0 Å². The molecule has 0 aliphatic carbocycles. The summed E-state index contributed by atoms with van der Waals surface area (Å²) in [6, 6.07) is 3.34. The Hall–Kier alpha value is -2.09. The van der Waals surface area contributed by atoms with Crippen LogP contribution in [-0.2, 0) is 0 Å². The van der Waals surface area contributed by atoms with Crippen LogP contribution in [0.2, 0.25) is 0 Å². The van der Waals surface area contributed by atoms with E-state index in [1.807, 2.05) is 0 Å². The van der Waals surface area contributed by atoms with E-state index in [0.717, 1.165) is 6.42 Å². The van der Waals surface area contributed by atoms with Gasteiger partial charge in [-0.2, -0.15) is 4.98 Å². The summed E-state index contributed by atoms with van der Waals surface area (Å²) in [5.41, 5.74) is 0. The number of rotatable bonds is 4. The van der Waals surface area contributed by atoms with Crippen LogP contribution >= 0.6 is 15.9 Å². The Balaban J connectivity index is 1.61. The van der Waals surface area contributed by atoms with Gasteiger partial charge in [-0.05, 0) is 28.1 Å². The molecule has 0 saturated carbocycles. The van der Waals surface area contributed by atoms with Gasteiger partial charge >= 0.3 is 0 Å². The van der Waals surface area contributed by atoms with Crippen molar-refractivity contribution in [2.45, 2.75) is 12.5 Å². The molecule has 0 radical (unpaired) electrons.